The van der Waals surface area contributed by atoms with E-state index in [2.05, 4.69) is 5.10 Å². The summed E-state index contributed by atoms with van der Waals surface area (Å²) in [5.74, 6) is 0.354. The van der Waals surface area contributed by atoms with Crippen LogP contribution >= 0.6 is 11.6 Å². The number of alkyl halides is 1. The number of benzene rings is 2. The first-order chi connectivity index (χ1) is 15.3. The van der Waals surface area contributed by atoms with Crippen LogP contribution in [-0.4, -0.2) is 52.5 Å². The summed E-state index contributed by atoms with van der Waals surface area (Å²) in [6.45, 7) is -0.632. The average molecular weight is 456 g/mol. The Kier molecular flexibility index (Phi) is 5.88. The molecule has 0 bridgehead atoms. The lowest BCUT2D eigenvalue weighted by Crippen LogP contribution is -2.28. The standard InChI is InChI=1S/C23H22ClFN4O3/c1-27(2)20(30)13-18-21-17-9-4-14(24)12-19(17)28(3)22(21)23(31)29(26-18)15-5-7-16(8-6-15)32-11-10-25/h4-9,12H,10-11,13H2,1-3H3/i25-1. The van der Waals surface area contributed by atoms with Crippen LogP contribution in [0, 0.1) is 0 Å². The highest BCUT2D eigenvalue weighted by Gasteiger charge is 2.21. The van der Waals surface area contributed by atoms with Crippen LogP contribution in [0.15, 0.2) is 47.3 Å². The maximum absolute atomic E-state index is 13.5. The SMILES string of the molecule is CN(C)C(=O)Cc1nn(-c2ccc(OCC[18F])cc2)c(=O)c2c1c1ccc(Cl)cc1n2C. The van der Waals surface area contributed by atoms with Crippen molar-refractivity contribution in [1.29, 1.82) is 0 Å². The molecule has 4 aromatic rings. The van der Waals surface area contributed by atoms with E-state index < -0.39 is 6.67 Å². The van der Waals surface area contributed by atoms with E-state index in [1.807, 2.05) is 6.07 Å². The quantitative estimate of drug-likeness (QED) is 0.446. The Labute approximate surface area is 188 Å². The van der Waals surface area contributed by atoms with Crippen LogP contribution in [0.5, 0.6) is 5.75 Å². The fourth-order valence-electron chi connectivity index (χ4n) is 3.71. The molecule has 0 saturated carbocycles. The lowest BCUT2D eigenvalue weighted by Gasteiger charge is -2.13. The molecule has 0 atom stereocenters. The highest BCUT2D eigenvalue weighted by atomic mass is 35.5. The Morgan fingerprint density at radius 3 is 2.56 bits per heavy atom. The van der Waals surface area contributed by atoms with Gasteiger partial charge in [-0.05, 0) is 36.4 Å². The number of hydrogen-bond donors (Lipinski definition) is 0. The van der Waals surface area contributed by atoms with Gasteiger partial charge in [-0.2, -0.15) is 9.78 Å². The Balaban J connectivity index is 1.97. The predicted molar refractivity (Wildman–Crippen MR) is 123 cm³/mol. The summed E-state index contributed by atoms with van der Waals surface area (Å²) in [5.41, 5.74) is 1.87. The first-order valence-corrected chi connectivity index (χ1v) is 10.4. The molecule has 2 aromatic carbocycles. The van der Waals surface area contributed by atoms with E-state index in [9.17, 15) is 14.0 Å². The minimum atomic E-state index is -0.590. The second-order valence-electron chi connectivity index (χ2n) is 7.60. The van der Waals surface area contributed by atoms with Crippen molar-refractivity contribution >= 4 is 39.3 Å². The Morgan fingerprint density at radius 1 is 1.19 bits per heavy atom. The topological polar surface area (TPSA) is 69.4 Å². The summed E-state index contributed by atoms with van der Waals surface area (Å²) in [6, 6.07) is 12.0. The molecule has 0 radical (unpaired) electrons. The zero-order valence-electron chi connectivity index (χ0n) is 17.9. The van der Waals surface area contributed by atoms with Crippen molar-refractivity contribution in [3.63, 3.8) is 0 Å². The normalized spacial score (nSPS) is 11.3. The number of halogens is 2. The number of aryl methyl sites for hydroxylation is 1. The van der Waals surface area contributed by atoms with Crippen LogP contribution in [0.1, 0.15) is 5.69 Å². The first kappa shape index (κ1) is 21.8. The van der Waals surface area contributed by atoms with Crippen LogP contribution in [0.4, 0.5) is 4.39 Å². The number of amides is 1. The fraction of sp³-hybridized carbons (Fsp3) is 0.261. The molecular weight excluding hydrogens is 434 g/mol. The van der Waals surface area contributed by atoms with Gasteiger partial charge in [0.05, 0.1) is 23.3 Å². The predicted octanol–water partition coefficient (Wildman–Crippen LogP) is 3.51. The van der Waals surface area contributed by atoms with Gasteiger partial charge < -0.3 is 14.2 Å². The van der Waals surface area contributed by atoms with Gasteiger partial charge in [0, 0.05) is 36.9 Å². The highest BCUT2D eigenvalue weighted by Crippen LogP contribution is 2.31. The number of likely N-dealkylation sites (N-methyl/N-ethyl adjacent to an activating group) is 1. The Morgan fingerprint density at radius 2 is 1.91 bits per heavy atom. The van der Waals surface area contributed by atoms with Gasteiger partial charge in [0.1, 0.15) is 24.5 Å². The summed E-state index contributed by atoms with van der Waals surface area (Å²) in [7, 11) is 5.14. The zero-order valence-corrected chi connectivity index (χ0v) is 18.7. The number of nitrogens with zero attached hydrogens (tertiary/aromatic N) is 4. The van der Waals surface area contributed by atoms with Gasteiger partial charge in [0.15, 0.2) is 0 Å². The van der Waals surface area contributed by atoms with Crippen LogP contribution in [-0.2, 0) is 18.3 Å². The molecular formula is C23H22ClFN4O3. The molecule has 9 heteroatoms. The number of ether oxygens (including phenoxy) is 1. The molecule has 7 nitrogen and oxygen atoms in total. The molecule has 0 saturated heterocycles. The third-order valence-electron chi connectivity index (χ3n) is 5.31. The molecule has 0 N–H and O–H groups in total. The maximum Gasteiger partial charge on any atom is 0.296 e. The van der Waals surface area contributed by atoms with Gasteiger partial charge in [0.2, 0.25) is 5.91 Å². The summed E-state index contributed by atoms with van der Waals surface area (Å²) in [4.78, 5) is 27.5. The zero-order chi connectivity index (χ0) is 23.0. The van der Waals surface area contributed by atoms with Gasteiger partial charge in [-0.1, -0.05) is 17.7 Å². The van der Waals surface area contributed by atoms with Gasteiger partial charge in [-0.25, -0.2) is 4.39 Å². The Hall–Kier alpha value is -3.39. The van der Waals surface area contributed by atoms with E-state index in [-0.39, 0.29) is 24.5 Å². The van der Waals surface area contributed by atoms with Crippen LogP contribution < -0.4 is 10.3 Å². The number of fused-ring (bicyclic) bond motifs is 3. The van der Waals surface area contributed by atoms with Crippen molar-refractivity contribution in [2.24, 2.45) is 7.05 Å². The summed E-state index contributed by atoms with van der Waals surface area (Å²) in [6.07, 6.45) is 0.0310. The smallest absolute Gasteiger partial charge is 0.296 e. The van der Waals surface area contributed by atoms with E-state index in [4.69, 9.17) is 16.3 Å². The molecule has 4 rings (SSSR count). The van der Waals surface area contributed by atoms with Gasteiger partial charge in [0.25, 0.3) is 5.56 Å². The van der Waals surface area contributed by atoms with E-state index >= 15 is 0 Å². The summed E-state index contributed by atoms with van der Waals surface area (Å²) < 4.78 is 20.7. The van der Waals surface area contributed by atoms with Gasteiger partial charge in [-0.15, -0.1) is 0 Å². The van der Waals surface area contributed by atoms with Gasteiger partial charge in [-0.3, -0.25) is 9.59 Å². The second kappa shape index (κ2) is 8.63. The molecule has 0 spiro atoms. The molecule has 32 heavy (non-hydrogen) atoms. The summed E-state index contributed by atoms with van der Waals surface area (Å²) in [5, 5.41) is 6.57. The van der Waals surface area contributed by atoms with Crippen molar-refractivity contribution in [3.8, 4) is 11.4 Å². The lowest BCUT2D eigenvalue weighted by molar-refractivity contribution is -0.128. The van der Waals surface area contributed by atoms with Crippen molar-refractivity contribution in [1.82, 2.24) is 19.2 Å². The van der Waals surface area contributed by atoms with E-state index in [1.165, 1.54) is 9.58 Å². The van der Waals surface area contributed by atoms with Crippen molar-refractivity contribution < 1.29 is 13.9 Å². The van der Waals surface area contributed by atoms with Gasteiger partial charge >= 0.3 is 0 Å². The number of carbonyl (C=O) groups excluding carboxylic acids is 1. The summed E-state index contributed by atoms with van der Waals surface area (Å²) >= 11 is 6.19. The van der Waals surface area contributed by atoms with Crippen molar-refractivity contribution in [2.75, 3.05) is 27.4 Å². The minimum absolute atomic E-state index is 0.0310. The van der Waals surface area contributed by atoms with E-state index in [0.717, 1.165) is 10.9 Å². The molecule has 0 aliphatic rings. The second-order valence-corrected chi connectivity index (χ2v) is 8.04. The average Bonchev–Trinajstić information content (AvgIpc) is 3.07. The number of aromatic nitrogens is 3. The molecule has 2 aromatic heterocycles. The number of hydrogen-bond acceptors (Lipinski definition) is 4. The third kappa shape index (κ3) is 3.82. The highest BCUT2D eigenvalue weighted by molar-refractivity contribution is 6.31. The minimum Gasteiger partial charge on any atom is -0.491 e. The molecule has 166 valence electrons. The maximum atomic E-state index is 13.5. The molecule has 2 heterocycles. The van der Waals surface area contributed by atoms with Crippen molar-refractivity contribution in [3.05, 3.63) is 63.5 Å². The fourth-order valence-corrected chi connectivity index (χ4v) is 3.87. The largest absolute Gasteiger partial charge is 0.491 e. The first-order valence-electron chi connectivity index (χ1n) is 10.0. The monoisotopic (exact) mass is 455 g/mol. The third-order valence-corrected chi connectivity index (χ3v) is 5.55. The molecule has 1 amide bonds. The molecule has 0 fully saturated rings. The molecule has 0 aliphatic carbocycles. The Bertz CT molecular complexity index is 1380. The van der Waals surface area contributed by atoms with Crippen molar-refractivity contribution in [2.45, 2.75) is 6.42 Å². The number of carbonyl (C=O) groups is 1. The molecule has 0 aliphatic heterocycles. The van der Waals surface area contributed by atoms with E-state index in [1.54, 1.807) is 62.1 Å². The number of rotatable bonds is 6. The van der Waals surface area contributed by atoms with E-state index in [0.29, 0.717) is 33.1 Å². The van der Waals surface area contributed by atoms with Crippen LogP contribution in [0.25, 0.3) is 27.5 Å². The lowest BCUT2D eigenvalue weighted by atomic mass is 10.1. The van der Waals surface area contributed by atoms with Crippen LogP contribution in [0.2, 0.25) is 5.02 Å². The molecule has 0 unspecified atom stereocenters. The van der Waals surface area contributed by atoms with Crippen LogP contribution in [0.3, 0.4) is 0 Å².